The van der Waals surface area contributed by atoms with Gasteiger partial charge in [-0.25, -0.2) is 0 Å². The number of hydrogen-bond donors (Lipinski definition) is 2. The average molecular weight is 279 g/mol. The number of nitrogens with one attached hydrogen (secondary N) is 2. The van der Waals surface area contributed by atoms with Crippen LogP contribution in [0.25, 0.3) is 0 Å². The maximum absolute atomic E-state index is 12.1. The van der Waals surface area contributed by atoms with Crippen molar-refractivity contribution in [2.75, 3.05) is 12.4 Å². The molecule has 0 saturated carbocycles. The molecule has 0 radical (unpaired) electrons. The van der Waals surface area contributed by atoms with Gasteiger partial charge in [-0.3, -0.25) is 4.79 Å². The molecule has 106 valence electrons. The first-order chi connectivity index (χ1) is 10.1. The van der Waals surface area contributed by atoms with Gasteiger partial charge in [0.2, 0.25) is 0 Å². The zero-order valence-electron chi connectivity index (χ0n) is 12.1. The van der Waals surface area contributed by atoms with Crippen LogP contribution in [0.15, 0.2) is 42.5 Å². The zero-order chi connectivity index (χ0) is 15.2. The van der Waals surface area contributed by atoms with Gasteiger partial charge in [-0.2, -0.15) is 5.26 Å². The van der Waals surface area contributed by atoms with E-state index < -0.39 is 0 Å². The minimum atomic E-state index is -0.122. The molecule has 0 spiro atoms. The predicted octanol–water partition coefficient (Wildman–Crippen LogP) is 2.84. The largest absolute Gasteiger partial charge is 0.388 e. The Hall–Kier alpha value is -2.80. The molecule has 0 heterocycles. The minimum Gasteiger partial charge on any atom is -0.388 e. The lowest BCUT2D eigenvalue weighted by molar-refractivity contribution is 0.0951. The van der Waals surface area contributed by atoms with Gasteiger partial charge in [-0.05, 0) is 48.4 Å². The summed E-state index contributed by atoms with van der Waals surface area (Å²) in [7, 11) is 1.85. The fraction of sp³-hybridized carbons (Fsp3) is 0.176. The van der Waals surface area contributed by atoms with Crippen molar-refractivity contribution in [3.05, 3.63) is 64.7 Å². The van der Waals surface area contributed by atoms with Crippen LogP contribution in [0.5, 0.6) is 0 Å². The molecule has 0 bridgehead atoms. The van der Waals surface area contributed by atoms with E-state index in [1.54, 1.807) is 18.2 Å². The SMILES string of the molecule is CNc1ccc(C(=O)NCc2cccc(C#N)c2)cc1C. The van der Waals surface area contributed by atoms with Gasteiger partial charge >= 0.3 is 0 Å². The third-order valence-electron chi connectivity index (χ3n) is 3.27. The highest BCUT2D eigenvalue weighted by atomic mass is 16.1. The normalized spacial score (nSPS) is 9.76. The van der Waals surface area contributed by atoms with E-state index in [0.29, 0.717) is 17.7 Å². The molecule has 2 aromatic rings. The lowest BCUT2D eigenvalue weighted by atomic mass is 10.1. The maximum atomic E-state index is 12.1. The monoisotopic (exact) mass is 279 g/mol. The molecular formula is C17H17N3O. The van der Waals surface area contributed by atoms with Crippen LogP contribution in [0, 0.1) is 18.3 Å². The Labute approximate surface area is 124 Å². The van der Waals surface area contributed by atoms with E-state index in [4.69, 9.17) is 5.26 Å². The first-order valence-corrected chi connectivity index (χ1v) is 6.69. The summed E-state index contributed by atoms with van der Waals surface area (Å²) >= 11 is 0. The molecule has 0 saturated heterocycles. The number of benzene rings is 2. The van der Waals surface area contributed by atoms with E-state index in [2.05, 4.69) is 16.7 Å². The molecule has 0 aliphatic heterocycles. The van der Waals surface area contributed by atoms with Crippen molar-refractivity contribution >= 4 is 11.6 Å². The number of carbonyl (C=O) groups is 1. The Kier molecular flexibility index (Phi) is 4.57. The second-order valence-corrected chi connectivity index (χ2v) is 4.77. The Balaban J connectivity index is 2.04. The predicted molar refractivity (Wildman–Crippen MR) is 83.1 cm³/mol. The van der Waals surface area contributed by atoms with E-state index in [1.807, 2.05) is 38.2 Å². The van der Waals surface area contributed by atoms with Crippen molar-refractivity contribution in [1.82, 2.24) is 5.32 Å². The zero-order valence-corrected chi connectivity index (χ0v) is 12.1. The molecule has 4 nitrogen and oxygen atoms in total. The molecule has 2 aromatic carbocycles. The van der Waals surface area contributed by atoms with E-state index in [-0.39, 0.29) is 5.91 Å². The smallest absolute Gasteiger partial charge is 0.251 e. The molecule has 0 aliphatic rings. The summed E-state index contributed by atoms with van der Waals surface area (Å²) in [6.07, 6.45) is 0. The van der Waals surface area contributed by atoms with Gasteiger partial charge < -0.3 is 10.6 Å². The van der Waals surface area contributed by atoms with E-state index in [0.717, 1.165) is 16.8 Å². The van der Waals surface area contributed by atoms with Crippen molar-refractivity contribution in [3.8, 4) is 6.07 Å². The fourth-order valence-corrected chi connectivity index (χ4v) is 2.12. The minimum absolute atomic E-state index is 0.122. The van der Waals surface area contributed by atoms with Gasteiger partial charge in [-0.1, -0.05) is 12.1 Å². The number of nitriles is 1. The van der Waals surface area contributed by atoms with Crippen LogP contribution in [-0.2, 0) is 6.54 Å². The summed E-state index contributed by atoms with van der Waals surface area (Å²) < 4.78 is 0. The van der Waals surface area contributed by atoms with Gasteiger partial charge in [-0.15, -0.1) is 0 Å². The van der Waals surface area contributed by atoms with Gasteiger partial charge in [0, 0.05) is 24.8 Å². The molecule has 4 heteroatoms. The third kappa shape index (κ3) is 3.61. The lowest BCUT2D eigenvalue weighted by Gasteiger charge is -2.09. The molecule has 1 amide bonds. The van der Waals surface area contributed by atoms with Crippen molar-refractivity contribution in [2.24, 2.45) is 0 Å². The van der Waals surface area contributed by atoms with Crippen molar-refractivity contribution in [1.29, 1.82) is 5.26 Å². The summed E-state index contributed by atoms with van der Waals surface area (Å²) in [6.45, 7) is 2.36. The third-order valence-corrected chi connectivity index (χ3v) is 3.27. The number of aryl methyl sites for hydroxylation is 1. The highest BCUT2D eigenvalue weighted by molar-refractivity contribution is 5.94. The Bertz CT molecular complexity index is 701. The number of amides is 1. The Morgan fingerprint density at radius 3 is 2.71 bits per heavy atom. The van der Waals surface area contributed by atoms with Crippen LogP contribution >= 0.6 is 0 Å². The van der Waals surface area contributed by atoms with Gasteiger partial charge in [0.05, 0.1) is 11.6 Å². The number of carbonyl (C=O) groups excluding carboxylic acids is 1. The Morgan fingerprint density at radius 2 is 2.05 bits per heavy atom. The lowest BCUT2D eigenvalue weighted by Crippen LogP contribution is -2.22. The number of rotatable bonds is 4. The summed E-state index contributed by atoms with van der Waals surface area (Å²) in [5, 5.41) is 14.8. The number of nitrogens with zero attached hydrogens (tertiary/aromatic N) is 1. The second-order valence-electron chi connectivity index (χ2n) is 4.77. The van der Waals surface area contributed by atoms with Crippen LogP contribution < -0.4 is 10.6 Å². The van der Waals surface area contributed by atoms with Crippen LogP contribution in [0.3, 0.4) is 0 Å². The average Bonchev–Trinajstić information content (AvgIpc) is 2.52. The van der Waals surface area contributed by atoms with Gasteiger partial charge in [0.25, 0.3) is 5.91 Å². The first kappa shape index (κ1) is 14.6. The molecular weight excluding hydrogens is 262 g/mol. The van der Waals surface area contributed by atoms with Crippen LogP contribution in [0.4, 0.5) is 5.69 Å². The highest BCUT2D eigenvalue weighted by Crippen LogP contribution is 2.15. The van der Waals surface area contributed by atoms with Gasteiger partial charge in [0.1, 0.15) is 0 Å². The highest BCUT2D eigenvalue weighted by Gasteiger charge is 2.07. The molecule has 21 heavy (non-hydrogen) atoms. The number of hydrogen-bond acceptors (Lipinski definition) is 3. The molecule has 0 aromatic heterocycles. The van der Waals surface area contributed by atoms with Crippen LogP contribution in [0.1, 0.15) is 27.0 Å². The quantitative estimate of drug-likeness (QED) is 0.904. The first-order valence-electron chi connectivity index (χ1n) is 6.69. The molecule has 0 aliphatic carbocycles. The summed E-state index contributed by atoms with van der Waals surface area (Å²) in [4.78, 5) is 12.1. The molecule has 2 rings (SSSR count). The summed E-state index contributed by atoms with van der Waals surface area (Å²) in [5.41, 5.74) is 4.16. The fourth-order valence-electron chi connectivity index (χ4n) is 2.12. The Morgan fingerprint density at radius 1 is 1.24 bits per heavy atom. The topological polar surface area (TPSA) is 64.9 Å². The van der Waals surface area contributed by atoms with Crippen LogP contribution in [-0.4, -0.2) is 13.0 Å². The maximum Gasteiger partial charge on any atom is 0.251 e. The molecule has 0 atom stereocenters. The summed E-state index contributed by atoms with van der Waals surface area (Å²) in [6, 6.07) is 14.8. The summed E-state index contributed by atoms with van der Waals surface area (Å²) in [5.74, 6) is -0.122. The number of anilines is 1. The molecule has 0 fully saturated rings. The van der Waals surface area contributed by atoms with Crippen molar-refractivity contribution in [2.45, 2.75) is 13.5 Å². The van der Waals surface area contributed by atoms with E-state index in [1.165, 1.54) is 0 Å². The molecule has 0 unspecified atom stereocenters. The van der Waals surface area contributed by atoms with E-state index in [9.17, 15) is 4.79 Å². The van der Waals surface area contributed by atoms with Gasteiger partial charge in [0.15, 0.2) is 0 Å². The van der Waals surface area contributed by atoms with Crippen molar-refractivity contribution in [3.63, 3.8) is 0 Å². The van der Waals surface area contributed by atoms with Crippen LogP contribution in [0.2, 0.25) is 0 Å². The van der Waals surface area contributed by atoms with Crippen molar-refractivity contribution < 1.29 is 4.79 Å². The van der Waals surface area contributed by atoms with E-state index >= 15 is 0 Å². The molecule has 2 N–H and O–H groups in total. The second kappa shape index (κ2) is 6.58. The standard InChI is InChI=1S/C17H17N3O/c1-12-8-15(6-7-16(12)19-2)17(21)20-11-14-5-3-4-13(9-14)10-18/h3-9,19H,11H2,1-2H3,(H,20,21).